The summed E-state index contributed by atoms with van der Waals surface area (Å²) in [5.74, 6) is -0.646. The van der Waals surface area contributed by atoms with Gasteiger partial charge in [0.05, 0.1) is 12.6 Å². The van der Waals surface area contributed by atoms with Gasteiger partial charge in [0.25, 0.3) is 5.91 Å². The SMILES string of the molecule is CCOc1ccc(/C=C(\C#N)C(=O)OCC(=O)N[C@@H](C)c2ccc(Cl)cc2)cc1. The summed E-state index contributed by atoms with van der Waals surface area (Å²) in [5, 5.41) is 12.5. The molecule has 1 atom stereocenters. The number of hydrogen-bond acceptors (Lipinski definition) is 5. The van der Waals surface area contributed by atoms with E-state index in [1.54, 1.807) is 61.5 Å². The minimum absolute atomic E-state index is 0.201. The molecule has 0 heterocycles. The summed E-state index contributed by atoms with van der Waals surface area (Å²) in [6, 6.07) is 15.5. The van der Waals surface area contributed by atoms with E-state index in [2.05, 4.69) is 5.32 Å². The number of carbonyl (C=O) groups is 2. The van der Waals surface area contributed by atoms with Crippen LogP contribution in [0.3, 0.4) is 0 Å². The number of hydrogen-bond donors (Lipinski definition) is 1. The van der Waals surface area contributed by atoms with E-state index >= 15 is 0 Å². The van der Waals surface area contributed by atoms with Crippen LogP contribution in [0.1, 0.15) is 31.0 Å². The van der Waals surface area contributed by atoms with Crippen molar-refractivity contribution in [2.45, 2.75) is 19.9 Å². The summed E-state index contributed by atoms with van der Waals surface area (Å²) < 4.78 is 10.3. The number of halogens is 1. The zero-order valence-electron chi connectivity index (χ0n) is 16.1. The Morgan fingerprint density at radius 1 is 1.17 bits per heavy atom. The Morgan fingerprint density at radius 2 is 1.83 bits per heavy atom. The first-order chi connectivity index (χ1) is 13.9. The topological polar surface area (TPSA) is 88.4 Å². The maximum absolute atomic E-state index is 12.1. The molecule has 0 radical (unpaired) electrons. The van der Waals surface area contributed by atoms with Crippen LogP contribution in [0.2, 0.25) is 5.02 Å². The minimum Gasteiger partial charge on any atom is -0.494 e. The van der Waals surface area contributed by atoms with Crippen molar-refractivity contribution >= 4 is 29.6 Å². The van der Waals surface area contributed by atoms with Gasteiger partial charge in [-0.05, 0) is 55.3 Å². The van der Waals surface area contributed by atoms with Crippen molar-refractivity contribution in [3.63, 3.8) is 0 Å². The number of nitrogens with zero attached hydrogens (tertiary/aromatic N) is 1. The fourth-order valence-electron chi connectivity index (χ4n) is 2.46. The van der Waals surface area contributed by atoms with Gasteiger partial charge in [0.1, 0.15) is 17.4 Å². The van der Waals surface area contributed by atoms with Gasteiger partial charge in [-0.2, -0.15) is 5.26 Å². The van der Waals surface area contributed by atoms with E-state index in [0.29, 0.717) is 22.9 Å². The molecular weight excluding hydrogens is 392 g/mol. The van der Waals surface area contributed by atoms with Gasteiger partial charge in [-0.1, -0.05) is 35.9 Å². The summed E-state index contributed by atoms with van der Waals surface area (Å²) in [6.45, 7) is 3.74. The molecular formula is C22H21ClN2O4. The number of nitriles is 1. The quantitative estimate of drug-likeness (QED) is 0.401. The summed E-state index contributed by atoms with van der Waals surface area (Å²) in [5.41, 5.74) is 1.30. The molecule has 6 nitrogen and oxygen atoms in total. The molecule has 0 fully saturated rings. The highest BCUT2D eigenvalue weighted by molar-refractivity contribution is 6.30. The highest BCUT2D eigenvalue weighted by atomic mass is 35.5. The number of ether oxygens (including phenoxy) is 2. The number of rotatable bonds is 8. The lowest BCUT2D eigenvalue weighted by Crippen LogP contribution is -2.31. The highest BCUT2D eigenvalue weighted by Crippen LogP contribution is 2.16. The first kappa shape index (κ1) is 22.0. The summed E-state index contributed by atoms with van der Waals surface area (Å²) in [6.07, 6.45) is 1.40. The number of amides is 1. The molecule has 0 saturated heterocycles. The molecule has 0 aliphatic rings. The number of benzene rings is 2. The fraction of sp³-hybridized carbons (Fsp3) is 0.227. The van der Waals surface area contributed by atoms with Gasteiger partial charge >= 0.3 is 5.97 Å². The molecule has 0 saturated carbocycles. The van der Waals surface area contributed by atoms with Gasteiger partial charge in [0.2, 0.25) is 0 Å². The maximum atomic E-state index is 12.1. The average Bonchev–Trinajstić information content (AvgIpc) is 2.72. The van der Waals surface area contributed by atoms with Gasteiger partial charge in [-0.3, -0.25) is 4.79 Å². The largest absolute Gasteiger partial charge is 0.494 e. The van der Waals surface area contributed by atoms with Crippen LogP contribution in [0.4, 0.5) is 0 Å². The molecule has 0 aliphatic carbocycles. The van der Waals surface area contributed by atoms with Crippen LogP contribution in [0, 0.1) is 11.3 Å². The molecule has 0 bridgehead atoms. The predicted molar refractivity (Wildman–Crippen MR) is 110 cm³/mol. The van der Waals surface area contributed by atoms with Crippen LogP contribution in [0.25, 0.3) is 6.08 Å². The second kappa shape index (κ2) is 10.9. The zero-order valence-corrected chi connectivity index (χ0v) is 16.9. The Labute approximate surface area is 174 Å². The Morgan fingerprint density at radius 3 is 2.41 bits per heavy atom. The Balaban J connectivity index is 1.91. The minimum atomic E-state index is -0.865. The molecule has 2 aromatic carbocycles. The van der Waals surface area contributed by atoms with E-state index < -0.39 is 18.5 Å². The standard InChI is InChI=1S/C22H21ClN2O4/c1-3-28-20-10-4-16(5-11-20)12-18(13-24)22(27)29-14-21(26)25-15(2)17-6-8-19(23)9-7-17/h4-12,15H,3,14H2,1-2H3,(H,25,26)/b18-12+/t15-/m0/s1. The number of carbonyl (C=O) groups excluding carboxylic acids is 2. The van der Waals surface area contributed by atoms with Gasteiger partial charge in [0, 0.05) is 5.02 Å². The van der Waals surface area contributed by atoms with Crippen molar-refractivity contribution in [2.75, 3.05) is 13.2 Å². The lowest BCUT2D eigenvalue weighted by atomic mass is 10.1. The number of nitrogens with one attached hydrogen (secondary N) is 1. The van der Waals surface area contributed by atoms with E-state index in [1.165, 1.54) is 6.08 Å². The van der Waals surface area contributed by atoms with Crippen molar-refractivity contribution in [3.8, 4) is 11.8 Å². The zero-order chi connectivity index (χ0) is 21.2. The van der Waals surface area contributed by atoms with Crippen LogP contribution >= 0.6 is 11.6 Å². The van der Waals surface area contributed by atoms with Crippen LogP contribution in [-0.4, -0.2) is 25.1 Å². The second-order valence-corrected chi connectivity index (χ2v) is 6.53. The van der Waals surface area contributed by atoms with Crippen molar-refractivity contribution in [1.29, 1.82) is 5.26 Å². The van der Waals surface area contributed by atoms with Crippen molar-refractivity contribution in [1.82, 2.24) is 5.32 Å². The molecule has 0 spiro atoms. The molecule has 0 aliphatic heterocycles. The van der Waals surface area contributed by atoms with E-state index in [4.69, 9.17) is 21.1 Å². The van der Waals surface area contributed by atoms with E-state index in [1.807, 2.05) is 6.92 Å². The average molecular weight is 413 g/mol. The van der Waals surface area contributed by atoms with Gasteiger partial charge < -0.3 is 14.8 Å². The number of esters is 1. The van der Waals surface area contributed by atoms with Crippen LogP contribution in [0.5, 0.6) is 5.75 Å². The van der Waals surface area contributed by atoms with E-state index in [0.717, 1.165) is 5.56 Å². The van der Waals surface area contributed by atoms with Crippen LogP contribution in [-0.2, 0) is 14.3 Å². The summed E-state index contributed by atoms with van der Waals surface area (Å²) >= 11 is 5.85. The van der Waals surface area contributed by atoms with Crippen molar-refractivity contribution in [2.24, 2.45) is 0 Å². The third kappa shape index (κ3) is 6.98. The molecule has 2 aromatic rings. The molecule has 0 unspecified atom stereocenters. The van der Waals surface area contributed by atoms with E-state index in [-0.39, 0.29) is 11.6 Å². The molecule has 1 N–H and O–H groups in total. The lowest BCUT2D eigenvalue weighted by molar-refractivity contribution is -0.144. The monoisotopic (exact) mass is 412 g/mol. The first-order valence-electron chi connectivity index (χ1n) is 8.99. The molecule has 7 heteroatoms. The molecule has 2 rings (SSSR count). The maximum Gasteiger partial charge on any atom is 0.349 e. The summed E-state index contributed by atoms with van der Waals surface area (Å²) in [7, 11) is 0. The third-order valence-corrected chi connectivity index (χ3v) is 4.18. The van der Waals surface area contributed by atoms with Crippen molar-refractivity contribution in [3.05, 3.63) is 70.3 Å². The molecule has 0 aromatic heterocycles. The van der Waals surface area contributed by atoms with Gasteiger partial charge in [-0.15, -0.1) is 0 Å². The lowest BCUT2D eigenvalue weighted by Gasteiger charge is -2.14. The van der Waals surface area contributed by atoms with Gasteiger partial charge in [0.15, 0.2) is 6.61 Å². The Kier molecular flexibility index (Phi) is 8.26. The molecule has 1 amide bonds. The normalized spacial score (nSPS) is 11.9. The smallest absolute Gasteiger partial charge is 0.349 e. The Bertz CT molecular complexity index is 915. The van der Waals surface area contributed by atoms with Gasteiger partial charge in [-0.25, -0.2) is 4.79 Å². The third-order valence-electron chi connectivity index (χ3n) is 3.92. The first-order valence-corrected chi connectivity index (χ1v) is 9.37. The summed E-state index contributed by atoms with van der Waals surface area (Å²) in [4.78, 5) is 24.1. The Hall–Kier alpha value is -3.30. The fourth-order valence-corrected chi connectivity index (χ4v) is 2.58. The predicted octanol–water partition coefficient (Wildman–Crippen LogP) is 4.07. The molecule has 150 valence electrons. The second-order valence-electron chi connectivity index (χ2n) is 6.09. The van der Waals surface area contributed by atoms with Crippen molar-refractivity contribution < 1.29 is 19.1 Å². The van der Waals surface area contributed by atoms with Crippen LogP contribution < -0.4 is 10.1 Å². The van der Waals surface area contributed by atoms with Crippen LogP contribution in [0.15, 0.2) is 54.1 Å². The highest BCUT2D eigenvalue weighted by Gasteiger charge is 2.15. The van der Waals surface area contributed by atoms with E-state index in [9.17, 15) is 14.9 Å². The molecule has 29 heavy (non-hydrogen) atoms.